The van der Waals surface area contributed by atoms with Crippen molar-refractivity contribution in [3.05, 3.63) is 29.8 Å². The fourth-order valence-electron chi connectivity index (χ4n) is 1.15. The molecule has 6 heteroatoms. The van der Waals surface area contributed by atoms with Crippen LogP contribution in [-0.4, -0.2) is 23.2 Å². The fraction of sp³-hybridized carbons (Fsp3) is 0.0833. The molecule has 0 heterocycles. The molecule has 1 aromatic rings. The van der Waals surface area contributed by atoms with Gasteiger partial charge in [-0.3, -0.25) is 9.59 Å². The molecule has 1 rings (SSSR count). The molecule has 0 saturated heterocycles. The third-order valence-electron chi connectivity index (χ3n) is 1.85. The van der Waals surface area contributed by atoms with E-state index in [1.54, 1.807) is 24.3 Å². The molecule has 0 unspecified atom stereocenters. The highest BCUT2D eigenvalue weighted by molar-refractivity contribution is 6.31. The Labute approximate surface area is 103 Å². The molecule has 0 spiro atoms. The number of carbonyl (C=O) groups is 2. The van der Waals surface area contributed by atoms with E-state index in [1.165, 1.54) is 0 Å². The van der Waals surface area contributed by atoms with Gasteiger partial charge in [0, 0.05) is 5.56 Å². The zero-order valence-electron chi connectivity index (χ0n) is 9.38. The number of nitrogens with zero attached hydrogens (tertiary/aromatic N) is 1. The third kappa shape index (κ3) is 4.37. The van der Waals surface area contributed by atoms with E-state index in [0.29, 0.717) is 11.3 Å². The van der Waals surface area contributed by atoms with Crippen molar-refractivity contribution in [1.29, 1.82) is 0 Å². The molecule has 0 atom stereocenters. The highest BCUT2D eigenvalue weighted by Crippen LogP contribution is 2.13. The van der Waals surface area contributed by atoms with Gasteiger partial charge in [-0.25, -0.2) is 0 Å². The monoisotopic (exact) mass is 245 g/mol. The Hall–Kier alpha value is -2.81. The Morgan fingerprint density at radius 3 is 2.83 bits per heavy atom. The molecular weight excluding hydrogens is 234 g/mol. The summed E-state index contributed by atoms with van der Waals surface area (Å²) >= 11 is 0. The number of para-hydroxylation sites is 1. The molecule has 18 heavy (non-hydrogen) atoms. The first kappa shape index (κ1) is 13.3. The average molecular weight is 245 g/mol. The van der Waals surface area contributed by atoms with Crippen LogP contribution in [0, 0.1) is 11.8 Å². The summed E-state index contributed by atoms with van der Waals surface area (Å²) in [6.07, 6.45) is 0.675. The van der Waals surface area contributed by atoms with E-state index < -0.39 is 11.8 Å². The maximum absolute atomic E-state index is 11.2. The van der Waals surface area contributed by atoms with Crippen LogP contribution in [0.5, 0.6) is 0 Å². The standard InChI is InChI=1S/C12H11N3O3/c13-11(16)7-3-5-9-4-1-2-6-10(9)15-12(17)8-14-18/h1-2,4,6,8,18H,7H2,(H2,13,16)(H,15,17). The van der Waals surface area contributed by atoms with Gasteiger partial charge in [-0.1, -0.05) is 29.1 Å². The third-order valence-corrected chi connectivity index (χ3v) is 1.85. The Bertz CT molecular complexity index is 541. The molecule has 0 aliphatic carbocycles. The molecule has 0 radical (unpaired) electrons. The van der Waals surface area contributed by atoms with Crippen LogP contribution < -0.4 is 11.1 Å². The van der Waals surface area contributed by atoms with Crippen LogP contribution in [0.15, 0.2) is 29.4 Å². The Balaban J connectivity index is 2.88. The molecule has 4 N–H and O–H groups in total. The number of carbonyl (C=O) groups excluding carboxylic acids is 2. The Kier molecular flexibility index (Phi) is 4.94. The van der Waals surface area contributed by atoms with Gasteiger partial charge in [0.05, 0.1) is 12.1 Å². The van der Waals surface area contributed by atoms with Gasteiger partial charge in [0.15, 0.2) is 0 Å². The van der Waals surface area contributed by atoms with Gasteiger partial charge in [0.2, 0.25) is 5.91 Å². The fourth-order valence-corrected chi connectivity index (χ4v) is 1.15. The number of rotatable bonds is 3. The van der Waals surface area contributed by atoms with Gasteiger partial charge in [-0.2, -0.15) is 0 Å². The average Bonchev–Trinajstić information content (AvgIpc) is 2.31. The minimum atomic E-state index is -0.582. The van der Waals surface area contributed by atoms with Crippen LogP contribution in [0.1, 0.15) is 12.0 Å². The molecule has 0 aromatic heterocycles. The largest absolute Gasteiger partial charge is 0.411 e. The first-order valence-electron chi connectivity index (χ1n) is 4.98. The molecule has 0 aliphatic rings. The highest BCUT2D eigenvalue weighted by Gasteiger charge is 2.02. The van der Waals surface area contributed by atoms with Crippen molar-refractivity contribution >= 4 is 23.7 Å². The van der Waals surface area contributed by atoms with Crippen LogP contribution in [0.2, 0.25) is 0 Å². The Morgan fingerprint density at radius 2 is 2.17 bits per heavy atom. The van der Waals surface area contributed by atoms with E-state index in [9.17, 15) is 9.59 Å². The van der Waals surface area contributed by atoms with Crippen LogP contribution in [0.4, 0.5) is 5.69 Å². The SMILES string of the molecule is NC(=O)CC#Cc1ccccc1NC(=O)C=NO. The zero-order chi connectivity index (χ0) is 13.4. The summed E-state index contributed by atoms with van der Waals surface area (Å²) in [4.78, 5) is 21.7. The van der Waals surface area contributed by atoms with E-state index in [-0.39, 0.29) is 6.42 Å². The number of nitrogens with two attached hydrogens (primary N) is 1. The number of primary amides is 1. The number of nitrogens with one attached hydrogen (secondary N) is 1. The van der Waals surface area contributed by atoms with Gasteiger partial charge in [0.1, 0.15) is 6.21 Å². The highest BCUT2D eigenvalue weighted by atomic mass is 16.4. The van der Waals surface area contributed by atoms with Crippen molar-refractivity contribution in [2.45, 2.75) is 6.42 Å². The lowest BCUT2D eigenvalue weighted by Crippen LogP contribution is -2.13. The van der Waals surface area contributed by atoms with Crippen molar-refractivity contribution in [2.75, 3.05) is 5.32 Å². The predicted molar refractivity (Wildman–Crippen MR) is 66.0 cm³/mol. The van der Waals surface area contributed by atoms with Crippen LogP contribution in [0.25, 0.3) is 0 Å². The van der Waals surface area contributed by atoms with Crippen molar-refractivity contribution < 1.29 is 14.8 Å². The van der Waals surface area contributed by atoms with Crippen LogP contribution >= 0.6 is 0 Å². The maximum atomic E-state index is 11.2. The zero-order valence-corrected chi connectivity index (χ0v) is 9.38. The lowest BCUT2D eigenvalue weighted by Gasteiger charge is -2.03. The van der Waals surface area contributed by atoms with Crippen molar-refractivity contribution in [2.24, 2.45) is 10.9 Å². The first-order chi connectivity index (χ1) is 8.63. The smallest absolute Gasteiger partial charge is 0.270 e. The van der Waals surface area contributed by atoms with Crippen molar-refractivity contribution in [3.63, 3.8) is 0 Å². The minimum absolute atomic E-state index is 0.0552. The summed E-state index contributed by atoms with van der Waals surface area (Å²) in [5.74, 6) is 4.21. The number of benzene rings is 1. The summed E-state index contributed by atoms with van der Waals surface area (Å²) in [6, 6.07) is 6.77. The van der Waals surface area contributed by atoms with Gasteiger partial charge >= 0.3 is 0 Å². The predicted octanol–water partition coefficient (Wildman–Crippen LogP) is 0.312. The molecule has 0 saturated carbocycles. The molecule has 0 aliphatic heterocycles. The quantitative estimate of drug-likeness (QED) is 0.309. The number of anilines is 1. The van der Waals surface area contributed by atoms with E-state index >= 15 is 0 Å². The molecule has 6 nitrogen and oxygen atoms in total. The summed E-state index contributed by atoms with van der Waals surface area (Å²) < 4.78 is 0. The summed E-state index contributed by atoms with van der Waals surface area (Å²) in [5, 5.41) is 13.3. The van der Waals surface area contributed by atoms with Crippen LogP contribution in [0.3, 0.4) is 0 Å². The van der Waals surface area contributed by atoms with Gasteiger partial charge in [-0.05, 0) is 12.1 Å². The second kappa shape index (κ2) is 6.70. The van der Waals surface area contributed by atoms with E-state index in [0.717, 1.165) is 6.21 Å². The molecule has 2 amide bonds. The second-order valence-corrected chi connectivity index (χ2v) is 3.22. The molecule has 92 valence electrons. The minimum Gasteiger partial charge on any atom is -0.411 e. The van der Waals surface area contributed by atoms with Gasteiger partial charge < -0.3 is 16.3 Å². The number of hydrogen-bond donors (Lipinski definition) is 3. The van der Waals surface area contributed by atoms with Gasteiger partial charge in [-0.15, -0.1) is 0 Å². The summed E-state index contributed by atoms with van der Waals surface area (Å²) in [7, 11) is 0. The second-order valence-electron chi connectivity index (χ2n) is 3.22. The van der Waals surface area contributed by atoms with E-state index in [1.807, 2.05) is 0 Å². The normalized spacial score (nSPS) is 9.56. The molecule has 1 aromatic carbocycles. The van der Waals surface area contributed by atoms with Gasteiger partial charge in [0.25, 0.3) is 5.91 Å². The summed E-state index contributed by atoms with van der Waals surface area (Å²) in [5.41, 5.74) is 5.96. The van der Waals surface area contributed by atoms with E-state index in [4.69, 9.17) is 10.9 Å². The first-order valence-corrected chi connectivity index (χ1v) is 4.98. The molecular formula is C12H11N3O3. The molecule has 0 bridgehead atoms. The van der Waals surface area contributed by atoms with Crippen LogP contribution in [-0.2, 0) is 9.59 Å². The molecule has 0 fully saturated rings. The van der Waals surface area contributed by atoms with E-state index in [2.05, 4.69) is 22.3 Å². The number of amides is 2. The van der Waals surface area contributed by atoms with Crippen molar-refractivity contribution in [1.82, 2.24) is 0 Å². The lowest BCUT2D eigenvalue weighted by molar-refractivity contribution is -0.117. The Morgan fingerprint density at radius 1 is 1.44 bits per heavy atom. The summed E-state index contributed by atoms with van der Waals surface area (Å²) in [6.45, 7) is 0. The maximum Gasteiger partial charge on any atom is 0.270 e. The number of oxime groups is 1. The lowest BCUT2D eigenvalue weighted by atomic mass is 10.1. The topological polar surface area (TPSA) is 105 Å². The number of hydrogen-bond acceptors (Lipinski definition) is 4. The van der Waals surface area contributed by atoms with Crippen molar-refractivity contribution in [3.8, 4) is 11.8 Å².